The van der Waals surface area contributed by atoms with Crippen molar-refractivity contribution in [3.8, 4) is 0 Å². The first-order valence-corrected chi connectivity index (χ1v) is 14.1. The van der Waals surface area contributed by atoms with E-state index in [1.807, 2.05) is 4.90 Å². The molecule has 0 bridgehead atoms. The highest BCUT2D eigenvalue weighted by molar-refractivity contribution is 7.11. The minimum Gasteiger partial charge on any atom is -0.348 e. The number of hydrogen-bond acceptors (Lipinski definition) is 6. The molecule has 4 aliphatic rings. The maximum Gasteiger partial charge on any atom is 0.243 e. The third-order valence-corrected chi connectivity index (χ3v) is 9.91. The first kappa shape index (κ1) is 24.2. The Hall–Kier alpha value is -1.51. The Morgan fingerprint density at radius 1 is 1.15 bits per heavy atom. The van der Waals surface area contributed by atoms with Crippen LogP contribution in [0, 0.1) is 19.8 Å². The Morgan fingerprint density at radius 2 is 1.88 bits per heavy atom. The van der Waals surface area contributed by atoms with Crippen molar-refractivity contribution in [3.63, 3.8) is 0 Å². The summed E-state index contributed by atoms with van der Waals surface area (Å²) < 4.78 is 0. The van der Waals surface area contributed by atoms with E-state index in [1.54, 1.807) is 11.3 Å². The minimum absolute atomic E-state index is 0.0711. The predicted octanol–water partition coefficient (Wildman–Crippen LogP) is 3.10. The van der Waals surface area contributed by atoms with Gasteiger partial charge in [-0.15, -0.1) is 11.3 Å². The van der Waals surface area contributed by atoms with E-state index in [1.165, 1.54) is 37.0 Å². The quantitative estimate of drug-likeness (QED) is 0.691. The van der Waals surface area contributed by atoms with Crippen LogP contribution in [0.1, 0.15) is 73.4 Å². The number of aryl methyl sites for hydroxylation is 2. The van der Waals surface area contributed by atoms with Crippen LogP contribution < -0.4 is 5.32 Å². The van der Waals surface area contributed by atoms with Gasteiger partial charge >= 0.3 is 0 Å². The zero-order valence-corrected chi connectivity index (χ0v) is 22.0. The Bertz CT molecular complexity index is 875. The summed E-state index contributed by atoms with van der Waals surface area (Å²) in [5, 5.41) is 4.50. The van der Waals surface area contributed by atoms with E-state index >= 15 is 0 Å². The maximum atomic E-state index is 13.4. The van der Waals surface area contributed by atoms with Gasteiger partial charge in [0.05, 0.1) is 22.7 Å². The number of likely N-dealkylation sites (tertiary alicyclic amines) is 1. The molecule has 4 fully saturated rings. The molecular weight excluding hydrogens is 446 g/mol. The van der Waals surface area contributed by atoms with Crippen LogP contribution in [0.5, 0.6) is 0 Å². The number of rotatable bonds is 5. The van der Waals surface area contributed by atoms with Crippen molar-refractivity contribution >= 4 is 23.2 Å². The third kappa shape index (κ3) is 5.05. The number of fused-ring (bicyclic) bond motifs is 1. The van der Waals surface area contributed by atoms with Gasteiger partial charge in [-0.05, 0) is 58.9 Å². The van der Waals surface area contributed by atoms with Gasteiger partial charge in [0.2, 0.25) is 11.8 Å². The molecule has 0 aromatic carbocycles. The maximum absolute atomic E-state index is 13.4. The molecule has 5 rings (SSSR count). The van der Waals surface area contributed by atoms with Crippen molar-refractivity contribution in [3.05, 3.63) is 15.6 Å². The van der Waals surface area contributed by atoms with Crippen molar-refractivity contribution in [1.29, 1.82) is 0 Å². The number of likely N-dealkylation sites (N-methyl/N-ethyl adjacent to an activating group) is 1. The molecule has 2 amide bonds. The molecule has 3 saturated heterocycles. The van der Waals surface area contributed by atoms with Crippen molar-refractivity contribution < 1.29 is 9.59 Å². The lowest BCUT2D eigenvalue weighted by atomic mass is 9.84. The summed E-state index contributed by atoms with van der Waals surface area (Å²) in [5.74, 6) is 1.01. The van der Waals surface area contributed by atoms with Crippen LogP contribution in [0.25, 0.3) is 0 Å². The molecule has 1 N–H and O–H groups in total. The van der Waals surface area contributed by atoms with E-state index in [-0.39, 0.29) is 23.4 Å². The summed E-state index contributed by atoms with van der Waals surface area (Å²) >= 11 is 1.78. The number of hydrogen-bond donors (Lipinski definition) is 1. The van der Waals surface area contributed by atoms with E-state index in [9.17, 15) is 9.59 Å². The molecule has 8 heteroatoms. The van der Waals surface area contributed by atoms with Crippen LogP contribution in [-0.2, 0) is 16.1 Å². The number of carbonyl (C=O) groups excluding carboxylic acids is 2. The lowest BCUT2D eigenvalue weighted by Gasteiger charge is -2.41. The summed E-state index contributed by atoms with van der Waals surface area (Å²) in [6.45, 7) is 8.67. The SMILES string of the molecule is Cc1nc(C)c(CN2CCC3(CC2)CC(=O)N2C[C@@H](N(C)CC4CCCCC4)C[C@H]2C(=O)N3)s1. The molecule has 188 valence electrons. The van der Waals surface area contributed by atoms with Crippen LogP contribution in [0.4, 0.5) is 0 Å². The highest BCUT2D eigenvalue weighted by Crippen LogP contribution is 2.35. The summed E-state index contributed by atoms with van der Waals surface area (Å²) in [6.07, 6.45) is 9.62. The normalized spacial score (nSPS) is 28.4. The zero-order chi connectivity index (χ0) is 23.9. The van der Waals surface area contributed by atoms with Crippen LogP contribution in [0.15, 0.2) is 0 Å². The molecule has 7 nitrogen and oxygen atoms in total. The smallest absolute Gasteiger partial charge is 0.243 e. The van der Waals surface area contributed by atoms with Gasteiger partial charge in [-0.3, -0.25) is 14.5 Å². The monoisotopic (exact) mass is 487 g/mol. The fourth-order valence-electron chi connectivity index (χ4n) is 6.73. The van der Waals surface area contributed by atoms with Gasteiger partial charge < -0.3 is 15.1 Å². The van der Waals surface area contributed by atoms with E-state index in [4.69, 9.17) is 0 Å². The predicted molar refractivity (Wildman–Crippen MR) is 135 cm³/mol. The number of nitrogens with one attached hydrogen (secondary N) is 1. The highest BCUT2D eigenvalue weighted by Gasteiger charge is 2.49. The third-order valence-electron chi connectivity index (χ3n) is 8.85. The summed E-state index contributed by atoms with van der Waals surface area (Å²) in [4.78, 5) is 39.4. The summed E-state index contributed by atoms with van der Waals surface area (Å²) in [6, 6.07) is -0.00449. The van der Waals surface area contributed by atoms with Gasteiger partial charge in [-0.25, -0.2) is 4.98 Å². The molecule has 1 aromatic heterocycles. The lowest BCUT2D eigenvalue weighted by Crippen LogP contribution is -2.56. The number of carbonyl (C=O) groups is 2. The Labute approximate surface area is 208 Å². The fraction of sp³-hybridized carbons (Fsp3) is 0.808. The molecule has 1 spiro atoms. The Kier molecular flexibility index (Phi) is 7.02. The second-order valence-corrected chi connectivity index (χ2v) is 12.6. The van der Waals surface area contributed by atoms with Crippen LogP contribution in [0.3, 0.4) is 0 Å². The van der Waals surface area contributed by atoms with Crippen LogP contribution >= 0.6 is 11.3 Å². The molecule has 0 unspecified atom stereocenters. The number of nitrogens with zero attached hydrogens (tertiary/aromatic N) is 4. The Balaban J connectivity index is 1.18. The van der Waals surface area contributed by atoms with Gasteiger partial charge in [0, 0.05) is 43.6 Å². The van der Waals surface area contributed by atoms with Crippen molar-refractivity contribution in [2.75, 3.05) is 33.2 Å². The highest BCUT2D eigenvalue weighted by atomic mass is 32.1. The van der Waals surface area contributed by atoms with Gasteiger partial charge in [-0.2, -0.15) is 0 Å². The average molecular weight is 488 g/mol. The number of amides is 2. The van der Waals surface area contributed by atoms with Crippen LogP contribution in [0.2, 0.25) is 0 Å². The number of aromatic nitrogens is 1. The van der Waals surface area contributed by atoms with Crippen LogP contribution in [-0.4, -0.2) is 82.3 Å². The zero-order valence-electron chi connectivity index (χ0n) is 21.1. The molecule has 34 heavy (non-hydrogen) atoms. The largest absolute Gasteiger partial charge is 0.348 e. The standard InChI is InChI=1S/C26H41N5O2S/c1-18-23(34-19(2)27-18)17-30-11-9-26(10-12-30)14-24(32)31-16-21(13-22(31)25(33)28-26)29(3)15-20-7-5-4-6-8-20/h20-22H,4-17H2,1-3H3,(H,28,33)/t21-,22-/m0/s1. The molecule has 2 atom stereocenters. The second kappa shape index (κ2) is 9.86. The molecule has 1 saturated carbocycles. The van der Waals surface area contributed by atoms with Gasteiger partial charge in [0.25, 0.3) is 0 Å². The molecular formula is C26H41N5O2S. The van der Waals surface area contributed by atoms with Crippen molar-refractivity contribution in [2.24, 2.45) is 5.92 Å². The number of thiazole rings is 1. The molecule has 1 aromatic rings. The van der Waals surface area contributed by atoms with Gasteiger partial charge in [0.15, 0.2) is 0 Å². The minimum atomic E-state index is -0.378. The molecule has 3 aliphatic heterocycles. The topological polar surface area (TPSA) is 68.8 Å². The number of piperidine rings is 1. The van der Waals surface area contributed by atoms with E-state index in [0.717, 1.165) is 62.1 Å². The first-order chi connectivity index (χ1) is 16.3. The van der Waals surface area contributed by atoms with E-state index < -0.39 is 0 Å². The lowest BCUT2D eigenvalue weighted by molar-refractivity contribution is -0.135. The van der Waals surface area contributed by atoms with E-state index in [0.29, 0.717) is 19.0 Å². The first-order valence-electron chi connectivity index (χ1n) is 13.3. The summed E-state index contributed by atoms with van der Waals surface area (Å²) in [5.41, 5.74) is 0.751. The summed E-state index contributed by atoms with van der Waals surface area (Å²) in [7, 11) is 2.19. The average Bonchev–Trinajstić information content (AvgIpc) is 3.37. The van der Waals surface area contributed by atoms with E-state index in [2.05, 4.69) is 41.0 Å². The molecule has 0 radical (unpaired) electrons. The van der Waals surface area contributed by atoms with Crippen molar-refractivity contribution in [2.45, 2.75) is 95.8 Å². The fourth-order valence-corrected chi connectivity index (χ4v) is 7.71. The second-order valence-electron chi connectivity index (χ2n) is 11.4. The van der Waals surface area contributed by atoms with Gasteiger partial charge in [0.1, 0.15) is 6.04 Å². The molecule has 1 aliphatic carbocycles. The van der Waals surface area contributed by atoms with Crippen molar-refractivity contribution in [1.82, 2.24) is 25.0 Å². The van der Waals surface area contributed by atoms with Gasteiger partial charge in [-0.1, -0.05) is 19.3 Å². The molecule has 4 heterocycles. The Morgan fingerprint density at radius 3 is 2.56 bits per heavy atom.